The van der Waals surface area contributed by atoms with E-state index in [0.29, 0.717) is 29.6 Å². The molecular formula is C14H14F3NO3. The van der Waals surface area contributed by atoms with E-state index in [2.05, 4.69) is 6.58 Å². The first-order valence-electron chi connectivity index (χ1n) is 6.27. The van der Waals surface area contributed by atoms with Crippen LogP contribution >= 0.6 is 0 Å². The fourth-order valence-corrected chi connectivity index (χ4v) is 1.95. The van der Waals surface area contributed by atoms with E-state index < -0.39 is 18.6 Å². The van der Waals surface area contributed by atoms with Crippen LogP contribution < -0.4 is 9.47 Å². The molecular weight excluding hydrogens is 287 g/mol. The average molecular weight is 301 g/mol. The molecule has 0 spiro atoms. The number of hydrogen-bond acceptors (Lipinski definition) is 3. The highest BCUT2D eigenvalue weighted by molar-refractivity contribution is 5.95. The van der Waals surface area contributed by atoms with Gasteiger partial charge in [0.15, 0.2) is 11.5 Å². The molecule has 1 heterocycles. The molecule has 0 N–H and O–H groups in total. The van der Waals surface area contributed by atoms with Crippen molar-refractivity contribution in [2.75, 3.05) is 26.3 Å². The van der Waals surface area contributed by atoms with Crippen molar-refractivity contribution >= 4 is 5.91 Å². The minimum absolute atomic E-state index is 0.116. The number of carbonyl (C=O) groups is 1. The number of rotatable bonds is 4. The van der Waals surface area contributed by atoms with Gasteiger partial charge in [0, 0.05) is 12.1 Å². The van der Waals surface area contributed by atoms with Crippen LogP contribution in [0, 0.1) is 0 Å². The Morgan fingerprint density at radius 1 is 1.29 bits per heavy atom. The molecule has 0 unspecified atom stereocenters. The molecule has 1 aliphatic heterocycles. The van der Waals surface area contributed by atoms with E-state index in [-0.39, 0.29) is 12.1 Å². The maximum Gasteiger partial charge on any atom is 0.406 e. The summed E-state index contributed by atoms with van der Waals surface area (Å²) < 4.78 is 48.1. The highest BCUT2D eigenvalue weighted by atomic mass is 19.4. The van der Waals surface area contributed by atoms with Gasteiger partial charge in [-0.15, -0.1) is 6.58 Å². The van der Waals surface area contributed by atoms with Gasteiger partial charge >= 0.3 is 6.18 Å². The topological polar surface area (TPSA) is 38.8 Å². The second-order valence-corrected chi connectivity index (χ2v) is 4.45. The zero-order valence-corrected chi connectivity index (χ0v) is 11.2. The number of ether oxygens (including phenoxy) is 2. The highest BCUT2D eigenvalue weighted by Crippen LogP contribution is 2.31. The lowest BCUT2D eigenvalue weighted by atomic mass is 10.1. The van der Waals surface area contributed by atoms with Crippen molar-refractivity contribution < 1.29 is 27.4 Å². The number of halogens is 3. The summed E-state index contributed by atoms with van der Waals surface area (Å²) in [5.41, 5.74) is 0.116. The lowest BCUT2D eigenvalue weighted by molar-refractivity contribution is -0.139. The summed E-state index contributed by atoms with van der Waals surface area (Å²) in [6.45, 7) is 2.59. The highest BCUT2D eigenvalue weighted by Gasteiger charge is 2.33. The van der Waals surface area contributed by atoms with Gasteiger partial charge in [-0.25, -0.2) is 0 Å². The van der Waals surface area contributed by atoms with Crippen molar-refractivity contribution in [2.45, 2.75) is 6.18 Å². The predicted molar refractivity (Wildman–Crippen MR) is 69.6 cm³/mol. The molecule has 0 aliphatic carbocycles. The lowest BCUT2D eigenvalue weighted by Crippen LogP contribution is -2.39. The van der Waals surface area contributed by atoms with Crippen molar-refractivity contribution in [2.24, 2.45) is 0 Å². The first-order chi connectivity index (χ1) is 9.90. The van der Waals surface area contributed by atoms with Gasteiger partial charge in [-0.05, 0) is 18.2 Å². The molecule has 0 radical (unpaired) electrons. The van der Waals surface area contributed by atoms with E-state index in [1.165, 1.54) is 24.3 Å². The lowest BCUT2D eigenvalue weighted by Gasteiger charge is -2.24. The van der Waals surface area contributed by atoms with E-state index >= 15 is 0 Å². The van der Waals surface area contributed by atoms with E-state index in [1.54, 1.807) is 0 Å². The predicted octanol–water partition coefficient (Wildman–Crippen LogP) is 2.65. The summed E-state index contributed by atoms with van der Waals surface area (Å²) in [6, 6.07) is 4.33. The molecule has 1 aliphatic rings. The average Bonchev–Trinajstić information content (AvgIpc) is 2.44. The second-order valence-electron chi connectivity index (χ2n) is 4.45. The first-order valence-corrected chi connectivity index (χ1v) is 6.27. The van der Waals surface area contributed by atoms with E-state index in [4.69, 9.17) is 9.47 Å². The molecule has 21 heavy (non-hydrogen) atoms. The molecule has 2 rings (SSSR count). The minimum Gasteiger partial charge on any atom is -0.486 e. The molecule has 0 aromatic heterocycles. The van der Waals surface area contributed by atoms with E-state index in [1.807, 2.05) is 0 Å². The number of amides is 1. The molecule has 1 aromatic rings. The van der Waals surface area contributed by atoms with Gasteiger partial charge in [0.1, 0.15) is 19.8 Å². The summed E-state index contributed by atoms with van der Waals surface area (Å²) in [6.07, 6.45) is -3.21. The monoisotopic (exact) mass is 301 g/mol. The fraction of sp³-hybridized carbons (Fsp3) is 0.357. The van der Waals surface area contributed by atoms with Crippen molar-refractivity contribution in [3.8, 4) is 11.5 Å². The van der Waals surface area contributed by atoms with Crippen LogP contribution in [0.2, 0.25) is 0 Å². The molecule has 1 aromatic carbocycles. The van der Waals surface area contributed by atoms with Crippen LogP contribution in [-0.2, 0) is 0 Å². The van der Waals surface area contributed by atoms with Gasteiger partial charge in [0.2, 0.25) is 0 Å². The number of alkyl halides is 3. The Bertz CT molecular complexity index is 543. The third-order valence-electron chi connectivity index (χ3n) is 2.80. The normalized spacial score (nSPS) is 13.7. The Kier molecular flexibility index (Phi) is 4.40. The van der Waals surface area contributed by atoms with E-state index in [0.717, 1.165) is 0 Å². The van der Waals surface area contributed by atoms with Crippen molar-refractivity contribution in [1.82, 2.24) is 4.90 Å². The molecule has 4 nitrogen and oxygen atoms in total. The zero-order chi connectivity index (χ0) is 15.5. The maximum absolute atomic E-state index is 12.5. The molecule has 0 saturated carbocycles. The Balaban J connectivity index is 2.21. The van der Waals surface area contributed by atoms with Crippen LogP contribution in [0.4, 0.5) is 13.2 Å². The second kappa shape index (κ2) is 6.07. The summed E-state index contributed by atoms with van der Waals surface area (Å²) >= 11 is 0. The molecule has 0 atom stereocenters. The SMILES string of the molecule is C=CCN(CC(F)(F)F)C(=O)c1ccc2c(c1)OCCO2. The summed E-state index contributed by atoms with van der Waals surface area (Å²) in [5, 5.41) is 0. The molecule has 114 valence electrons. The fourth-order valence-electron chi connectivity index (χ4n) is 1.95. The first kappa shape index (κ1) is 15.2. The van der Waals surface area contributed by atoms with Crippen molar-refractivity contribution in [1.29, 1.82) is 0 Å². The molecule has 0 fully saturated rings. The maximum atomic E-state index is 12.5. The van der Waals surface area contributed by atoms with Crippen LogP contribution in [0.25, 0.3) is 0 Å². The number of hydrogen-bond donors (Lipinski definition) is 0. The smallest absolute Gasteiger partial charge is 0.406 e. The third-order valence-corrected chi connectivity index (χ3v) is 2.80. The molecule has 0 bridgehead atoms. The van der Waals surface area contributed by atoms with Crippen LogP contribution in [-0.4, -0.2) is 43.3 Å². The molecule has 7 heteroatoms. The summed E-state index contributed by atoms with van der Waals surface area (Å²) in [4.78, 5) is 12.9. The van der Waals surface area contributed by atoms with Gasteiger partial charge in [-0.3, -0.25) is 4.79 Å². The number of benzene rings is 1. The minimum atomic E-state index is -4.47. The Hall–Kier alpha value is -2.18. The van der Waals surface area contributed by atoms with Gasteiger partial charge in [-0.2, -0.15) is 13.2 Å². The zero-order valence-electron chi connectivity index (χ0n) is 11.2. The largest absolute Gasteiger partial charge is 0.486 e. The Morgan fingerprint density at radius 2 is 1.95 bits per heavy atom. The molecule has 0 saturated heterocycles. The van der Waals surface area contributed by atoms with Gasteiger partial charge in [-0.1, -0.05) is 6.08 Å². The molecule has 1 amide bonds. The Morgan fingerprint density at radius 3 is 2.57 bits per heavy atom. The van der Waals surface area contributed by atoms with Crippen LogP contribution in [0.3, 0.4) is 0 Å². The number of nitrogens with zero attached hydrogens (tertiary/aromatic N) is 1. The third kappa shape index (κ3) is 3.90. The van der Waals surface area contributed by atoms with Gasteiger partial charge in [0.25, 0.3) is 5.91 Å². The number of carbonyl (C=O) groups excluding carboxylic acids is 1. The van der Waals surface area contributed by atoms with Gasteiger partial charge in [0.05, 0.1) is 0 Å². The quantitative estimate of drug-likeness (QED) is 0.803. The summed E-state index contributed by atoms with van der Waals surface area (Å²) in [5.74, 6) is 0.103. The number of fused-ring (bicyclic) bond motifs is 1. The van der Waals surface area contributed by atoms with Crippen LogP contribution in [0.1, 0.15) is 10.4 Å². The Labute approximate surface area is 119 Å². The van der Waals surface area contributed by atoms with Crippen LogP contribution in [0.15, 0.2) is 30.9 Å². The summed E-state index contributed by atoms with van der Waals surface area (Å²) in [7, 11) is 0. The van der Waals surface area contributed by atoms with Crippen molar-refractivity contribution in [3.63, 3.8) is 0 Å². The van der Waals surface area contributed by atoms with Gasteiger partial charge < -0.3 is 14.4 Å². The van der Waals surface area contributed by atoms with E-state index in [9.17, 15) is 18.0 Å². The standard InChI is InChI=1S/C14H14F3NO3/c1-2-5-18(9-14(15,16)17)13(19)10-3-4-11-12(8-10)21-7-6-20-11/h2-4,8H,1,5-7,9H2. The van der Waals surface area contributed by atoms with Crippen LogP contribution in [0.5, 0.6) is 11.5 Å². The van der Waals surface area contributed by atoms with Crippen molar-refractivity contribution in [3.05, 3.63) is 36.4 Å².